The van der Waals surface area contributed by atoms with Gasteiger partial charge in [-0.1, -0.05) is 28.1 Å². The molecular formula is C19H21BrN4O2. The number of nitrogens with one attached hydrogen (secondary N) is 1. The quantitative estimate of drug-likeness (QED) is 0.714. The lowest BCUT2D eigenvalue weighted by atomic mass is 10.1. The second-order valence-corrected chi connectivity index (χ2v) is 8.27. The third-order valence-electron chi connectivity index (χ3n) is 4.16. The summed E-state index contributed by atoms with van der Waals surface area (Å²) in [7, 11) is 0. The van der Waals surface area contributed by atoms with Crippen LogP contribution in [0.15, 0.2) is 34.9 Å². The second-order valence-electron chi connectivity index (χ2n) is 7.36. The molecule has 3 rings (SSSR count). The Morgan fingerprint density at radius 1 is 1.38 bits per heavy atom. The SMILES string of the molecule is [C-]#[N+][C@@H]1C[C@@H](c2ncc(-c3ccc(Br)cc3)[nH]2)N(C(=O)OC(C)(C)C)C1. The van der Waals surface area contributed by atoms with E-state index in [1.54, 1.807) is 11.1 Å². The van der Waals surface area contributed by atoms with E-state index < -0.39 is 11.7 Å². The molecule has 1 aliphatic rings. The van der Waals surface area contributed by atoms with Crippen LogP contribution in [0.1, 0.15) is 39.1 Å². The van der Waals surface area contributed by atoms with E-state index in [-0.39, 0.29) is 12.1 Å². The number of nitrogens with zero attached hydrogens (tertiary/aromatic N) is 3. The summed E-state index contributed by atoms with van der Waals surface area (Å²) in [4.78, 5) is 25.6. The van der Waals surface area contributed by atoms with Gasteiger partial charge in [-0.05, 0) is 38.5 Å². The van der Waals surface area contributed by atoms with Gasteiger partial charge < -0.3 is 14.6 Å². The van der Waals surface area contributed by atoms with Crippen LogP contribution < -0.4 is 0 Å². The van der Waals surface area contributed by atoms with E-state index in [2.05, 4.69) is 30.7 Å². The second kappa shape index (κ2) is 7.12. The normalized spacial score (nSPS) is 20.0. The average Bonchev–Trinajstić information content (AvgIpc) is 3.20. The number of benzene rings is 1. The summed E-state index contributed by atoms with van der Waals surface area (Å²) in [5.74, 6) is 0.680. The third kappa shape index (κ3) is 4.07. The van der Waals surface area contributed by atoms with E-state index in [0.29, 0.717) is 18.8 Å². The number of imidazole rings is 1. The van der Waals surface area contributed by atoms with E-state index in [9.17, 15) is 4.79 Å². The van der Waals surface area contributed by atoms with E-state index >= 15 is 0 Å². The van der Waals surface area contributed by atoms with Crippen molar-refractivity contribution in [3.63, 3.8) is 0 Å². The van der Waals surface area contributed by atoms with Crippen LogP contribution in [0.5, 0.6) is 0 Å². The fourth-order valence-electron chi connectivity index (χ4n) is 2.97. The smallest absolute Gasteiger partial charge is 0.411 e. The number of aromatic amines is 1. The molecule has 0 aliphatic carbocycles. The Balaban J connectivity index is 1.85. The van der Waals surface area contributed by atoms with Crippen molar-refractivity contribution in [2.75, 3.05) is 6.54 Å². The number of carbonyl (C=O) groups is 1. The van der Waals surface area contributed by atoms with Crippen LogP contribution >= 0.6 is 15.9 Å². The van der Waals surface area contributed by atoms with Crippen LogP contribution in [-0.4, -0.2) is 39.1 Å². The van der Waals surface area contributed by atoms with Crippen molar-refractivity contribution in [2.45, 2.75) is 44.9 Å². The number of carbonyl (C=O) groups excluding carboxylic acids is 1. The van der Waals surface area contributed by atoms with Gasteiger partial charge in [0.2, 0.25) is 6.04 Å². The van der Waals surface area contributed by atoms with Crippen LogP contribution in [0.4, 0.5) is 4.79 Å². The number of hydrogen-bond acceptors (Lipinski definition) is 3. The summed E-state index contributed by atoms with van der Waals surface area (Å²) in [6.07, 6.45) is 1.91. The predicted molar refractivity (Wildman–Crippen MR) is 102 cm³/mol. The highest BCUT2D eigenvalue weighted by molar-refractivity contribution is 9.10. The van der Waals surface area contributed by atoms with Crippen molar-refractivity contribution in [3.05, 3.63) is 52.2 Å². The summed E-state index contributed by atoms with van der Waals surface area (Å²) < 4.78 is 6.52. The number of amides is 1. The zero-order chi connectivity index (χ0) is 18.9. The minimum atomic E-state index is -0.580. The fraction of sp³-hybridized carbons (Fsp3) is 0.421. The van der Waals surface area contributed by atoms with Crippen LogP contribution in [0, 0.1) is 6.57 Å². The molecular weight excluding hydrogens is 396 g/mol. The molecule has 1 aliphatic heterocycles. The number of likely N-dealkylation sites (tertiary alicyclic amines) is 1. The van der Waals surface area contributed by atoms with Gasteiger partial charge in [0.15, 0.2) is 0 Å². The van der Waals surface area contributed by atoms with E-state index in [4.69, 9.17) is 11.3 Å². The van der Waals surface area contributed by atoms with Crippen molar-refractivity contribution in [1.29, 1.82) is 0 Å². The number of H-pyrrole nitrogens is 1. The van der Waals surface area contributed by atoms with Crippen LogP contribution in [0.2, 0.25) is 0 Å². The molecule has 0 unspecified atom stereocenters. The van der Waals surface area contributed by atoms with Gasteiger partial charge >= 0.3 is 6.09 Å². The summed E-state index contributed by atoms with van der Waals surface area (Å²) in [6, 6.07) is 7.38. The number of aromatic nitrogens is 2. The monoisotopic (exact) mass is 416 g/mol. The summed E-state index contributed by atoms with van der Waals surface area (Å²) in [5.41, 5.74) is 1.31. The van der Waals surface area contributed by atoms with Gasteiger partial charge in [0.1, 0.15) is 24.0 Å². The molecule has 7 heteroatoms. The standard InChI is InChI=1S/C19H21BrN4O2/c1-19(2,3)26-18(25)24-11-14(21-4)9-16(24)17-22-10-15(23-17)12-5-7-13(20)8-6-12/h5-8,10,14,16H,9,11H2,1-3H3,(H,22,23)/t14-,16+/m1/s1. The lowest BCUT2D eigenvalue weighted by Crippen LogP contribution is -2.37. The highest BCUT2D eigenvalue weighted by Gasteiger charge is 2.42. The molecule has 1 fully saturated rings. The highest BCUT2D eigenvalue weighted by atomic mass is 79.9. The van der Waals surface area contributed by atoms with Crippen molar-refractivity contribution in [3.8, 4) is 11.3 Å². The van der Waals surface area contributed by atoms with Crippen molar-refractivity contribution >= 4 is 22.0 Å². The number of rotatable bonds is 2. The van der Waals surface area contributed by atoms with E-state index in [1.165, 1.54) is 0 Å². The van der Waals surface area contributed by atoms with Crippen LogP contribution in [0.25, 0.3) is 16.1 Å². The lowest BCUT2D eigenvalue weighted by molar-refractivity contribution is 0.0218. The molecule has 0 spiro atoms. The maximum absolute atomic E-state index is 12.6. The molecule has 0 bridgehead atoms. The van der Waals surface area contributed by atoms with Crippen molar-refractivity contribution in [2.24, 2.45) is 0 Å². The largest absolute Gasteiger partial charge is 0.444 e. The maximum Gasteiger partial charge on any atom is 0.411 e. The Labute approximate surface area is 161 Å². The fourth-order valence-corrected chi connectivity index (χ4v) is 3.24. The molecule has 2 aromatic rings. The maximum atomic E-state index is 12.6. The molecule has 2 atom stereocenters. The summed E-state index contributed by atoms with van der Waals surface area (Å²) in [6.45, 7) is 13.2. The molecule has 0 saturated carbocycles. The number of ether oxygens (including phenoxy) is 1. The summed E-state index contributed by atoms with van der Waals surface area (Å²) >= 11 is 3.43. The van der Waals surface area contributed by atoms with Gasteiger partial charge in [-0.3, -0.25) is 4.90 Å². The average molecular weight is 417 g/mol. The van der Waals surface area contributed by atoms with Gasteiger partial charge in [0.25, 0.3) is 0 Å². The number of halogens is 1. The summed E-state index contributed by atoms with van der Waals surface area (Å²) in [5, 5.41) is 0. The first-order chi connectivity index (χ1) is 12.3. The number of hydrogen-bond donors (Lipinski definition) is 1. The topological polar surface area (TPSA) is 62.6 Å². The predicted octanol–water partition coefficient (Wildman–Crippen LogP) is 4.81. The van der Waals surface area contributed by atoms with Gasteiger partial charge in [0.05, 0.1) is 18.3 Å². The van der Waals surface area contributed by atoms with Crippen LogP contribution in [-0.2, 0) is 4.74 Å². The zero-order valence-corrected chi connectivity index (χ0v) is 16.6. The van der Waals surface area contributed by atoms with Crippen molar-refractivity contribution < 1.29 is 9.53 Å². The lowest BCUT2D eigenvalue weighted by Gasteiger charge is -2.27. The van der Waals surface area contributed by atoms with Crippen LogP contribution in [0.3, 0.4) is 0 Å². The first-order valence-electron chi connectivity index (χ1n) is 8.44. The molecule has 136 valence electrons. The Kier molecular flexibility index (Phi) is 5.05. The third-order valence-corrected chi connectivity index (χ3v) is 4.68. The zero-order valence-electron chi connectivity index (χ0n) is 15.0. The van der Waals surface area contributed by atoms with Crippen molar-refractivity contribution in [1.82, 2.24) is 14.9 Å². The Bertz CT molecular complexity index is 832. The highest BCUT2D eigenvalue weighted by Crippen LogP contribution is 2.34. The molecule has 26 heavy (non-hydrogen) atoms. The Hall–Kier alpha value is -2.33. The minimum absolute atomic E-state index is 0.242. The Morgan fingerprint density at radius 2 is 2.08 bits per heavy atom. The van der Waals surface area contributed by atoms with E-state index in [0.717, 1.165) is 15.7 Å². The minimum Gasteiger partial charge on any atom is -0.444 e. The molecule has 1 N–H and O–H groups in total. The molecule has 2 heterocycles. The molecule has 6 nitrogen and oxygen atoms in total. The molecule has 1 saturated heterocycles. The van der Waals surface area contributed by atoms with Gasteiger partial charge in [0, 0.05) is 4.47 Å². The first kappa shape index (κ1) is 18.5. The van der Waals surface area contributed by atoms with Gasteiger partial charge in [-0.25, -0.2) is 16.4 Å². The van der Waals surface area contributed by atoms with Gasteiger partial charge in [-0.2, -0.15) is 0 Å². The molecule has 1 amide bonds. The molecule has 1 aromatic carbocycles. The first-order valence-corrected chi connectivity index (χ1v) is 9.23. The molecule has 1 aromatic heterocycles. The van der Waals surface area contributed by atoms with Gasteiger partial charge in [-0.15, -0.1) is 0 Å². The molecule has 0 radical (unpaired) electrons. The van der Waals surface area contributed by atoms with E-state index in [1.807, 2.05) is 45.0 Å². The Morgan fingerprint density at radius 3 is 2.69 bits per heavy atom.